The first-order valence-electron chi connectivity index (χ1n) is 7.12. The van der Waals surface area contributed by atoms with E-state index in [0.717, 1.165) is 20.9 Å². The number of anilines is 1. The van der Waals surface area contributed by atoms with Crippen LogP contribution in [0.1, 0.15) is 5.56 Å². The number of rotatable bonds is 5. The normalized spacial score (nSPS) is 10.8. The van der Waals surface area contributed by atoms with E-state index in [-0.39, 0.29) is 0 Å². The van der Waals surface area contributed by atoms with Crippen LogP contribution in [0.4, 0.5) is 5.82 Å². The molecule has 24 heavy (non-hydrogen) atoms. The predicted molar refractivity (Wildman–Crippen MR) is 94.8 cm³/mol. The number of nitrogen functional groups attached to an aromatic ring is 1. The summed E-state index contributed by atoms with van der Waals surface area (Å²) in [5.41, 5.74) is 7.66. The Balaban J connectivity index is 2.06. The monoisotopic (exact) mass is 392 g/mol. The van der Waals surface area contributed by atoms with Crippen LogP contribution in [0, 0.1) is 0 Å². The van der Waals surface area contributed by atoms with Gasteiger partial charge in [-0.15, -0.1) is 0 Å². The molecule has 0 aliphatic rings. The minimum absolute atomic E-state index is 0.461. The minimum atomic E-state index is 0.461. The highest BCUT2D eigenvalue weighted by atomic mass is 79.9. The van der Waals surface area contributed by atoms with Crippen LogP contribution in [0.2, 0.25) is 0 Å². The molecule has 0 aliphatic heterocycles. The number of benzene rings is 1. The SMILES string of the molecule is COc1cc(Cn2cc3ncnc(N)c3c2)c(Br)c(OC)c1OC. The van der Waals surface area contributed by atoms with Gasteiger partial charge in [-0.2, -0.15) is 0 Å². The zero-order valence-electron chi connectivity index (χ0n) is 13.5. The molecule has 1 aromatic carbocycles. The lowest BCUT2D eigenvalue weighted by Crippen LogP contribution is -2.02. The maximum Gasteiger partial charge on any atom is 0.204 e. The summed E-state index contributed by atoms with van der Waals surface area (Å²) in [7, 11) is 4.76. The first kappa shape index (κ1) is 16.4. The number of methoxy groups -OCH3 is 3. The van der Waals surface area contributed by atoms with Crippen LogP contribution in [0.5, 0.6) is 17.2 Å². The van der Waals surface area contributed by atoms with Gasteiger partial charge in [0.05, 0.1) is 36.7 Å². The molecule has 2 aromatic heterocycles. The first-order valence-corrected chi connectivity index (χ1v) is 7.91. The highest BCUT2D eigenvalue weighted by Gasteiger charge is 2.19. The number of aromatic nitrogens is 3. The van der Waals surface area contributed by atoms with Crippen molar-refractivity contribution in [2.75, 3.05) is 27.1 Å². The van der Waals surface area contributed by atoms with E-state index in [1.54, 1.807) is 21.3 Å². The highest BCUT2D eigenvalue weighted by molar-refractivity contribution is 9.10. The fourth-order valence-electron chi connectivity index (χ4n) is 2.59. The summed E-state index contributed by atoms with van der Waals surface area (Å²) in [5, 5.41) is 0.820. The summed E-state index contributed by atoms with van der Waals surface area (Å²) in [6.45, 7) is 0.576. The summed E-state index contributed by atoms with van der Waals surface area (Å²) in [6, 6.07) is 1.91. The lowest BCUT2D eigenvalue weighted by Gasteiger charge is -2.17. The molecule has 2 N–H and O–H groups in total. The lowest BCUT2D eigenvalue weighted by molar-refractivity contribution is 0.322. The number of hydrogen-bond donors (Lipinski definition) is 1. The van der Waals surface area contributed by atoms with Gasteiger partial charge in [-0.3, -0.25) is 0 Å². The predicted octanol–water partition coefficient (Wildman–Crippen LogP) is 2.85. The van der Waals surface area contributed by atoms with E-state index in [2.05, 4.69) is 25.9 Å². The molecule has 8 heteroatoms. The Morgan fingerprint density at radius 1 is 1.08 bits per heavy atom. The fourth-order valence-corrected chi connectivity index (χ4v) is 3.18. The fraction of sp³-hybridized carbons (Fsp3) is 0.250. The van der Waals surface area contributed by atoms with Gasteiger partial charge in [0.2, 0.25) is 5.75 Å². The van der Waals surface area contributed by atoms with Crippen molar-refractivity contribution < 1.29 is 14.2 Å². The van der Waals surface area contributed by atoms with E-state index in [1.807, 2.05) is 23.0 Å². The molecule has 0 bridgehead atoms. The maximum atomic E-state index is 5.89. The van der Waals surface area contributed by atoms with Crippen LogP contribution in [0.15, 0.2) is 29.3 Å². The van der Waals surface area contributed by atoms with E-state index in [9.17, 15) is 0 Å². The average Bonchev–Trinajstić information content (AvgIpc) is 3.00. The van der Waals surface area contributed by atoms with Gasteiger partial charge < -0.3 is 24.5 Å². The molecule has 0 atom stereocenters. The zero-order chi connectivity index (χ0) is 17.3. The molecule has 0 saturated heterocycles. The number of hydrogen-bond acceptors (Lipinski definition) is 6. The molecular weight excluding hydrogens is 376 g/mol. The van der Waals surface area contributed by atoms with Crippen LogP contribution in [0.25, 0.3) is 10.9 Å². The average molecular weight is 393 g/mol. The molecule has 7 nitrogen and oxygen atoms in total. The number of fused-ring (bicyclic) bond motifs is 1. The Morgan fingerprint density at radius 2 is 1.83 bits per heavy atom. The summed E-state index contributed by atoms with van der Waals surface area (Å²) in [5.74, 6) is 2.19. The van der Waals surface area contributed by atoms with E-state index < -0.39 is 0 Å². The molecule has 0 amide bonds. The van der Waals surface area contributed by atoms with Gasteiger partial charge in [0, 0.05) is 18.9 Å². The van der Waals surface area contributed by atoms with Crippen LogP contribution in [-0.4, -0.2) is 35.9 Å². The molecule has 3 aromatic rings. The second-order valence-electron chi connectivity index (χ2n) is 5.11. The van der Waals surface area contributed by atoms with Gasteiger partial charge in [0.15, 0.2) is 11.5 Å². The van der Waals surface area contributed by atoms with Crippen molar-refractivity contribution >= 4 is 32.7 Å². The summed E-state index contributed by atoms with van der Waals surface area (Å²) >= 11 is 3.59. The van der Waals surface area contributed by atoms with Crippen LogP contribution >= 0.6 is 15.9 Å². The second kappa shape index (κ2) is 6.56. The van der Waals surface area contributed by atoms with E-state index in [1.165, 1.54) is 6.33 Å². The third kappa shape index (κ3) is 2.73. The van der Waals surface area contributed by atoms with Gasteiger partial charge in [0.1, 0.15) is 12.1 Å². The first-order chi connectivity index (χ1) is 11.6. The van der Waals surface area contributed by atoms with E-state index in [0.29, 0.717) is 29.6 Å². The lowest BCUT2D eigenvalue weighted by atomic mass is 10.1. The largest absolute Gasteiger partial charge is 0.493 e. The molecule has 0 fully saturated rings. The molecule has 126 valence electrons. The number of halogens is 1. The molecule has 3 rings (SSSR count). The Bertz CT molecular complexity index is 895. The van der Waals surface area contributed by atoms with Gasteiger partial charge in [-0.25, -0.2) is 9.97 Å². The topological polar surface area (TPSA) is 84.4 Å². The molecule has 2 heterocycles. The van der Waals surface area contributed by atoms with Gasteiger partial charge in [-0.05, 0) is 27.6 Å². The maximum absolute atomic E-state index is 5.89. The van der Waals surface area contributed by atoms with Crippen LogP contribution in [-0.2, 0) is 6.54 Å². The Labute approximate surface area is 147 Å². The van der Waals surface area contributed by atoms with E-state index >= 15 is 0 Å². The van der Waals surface area contributed by atoms with Crippen molar-refractivity contribution in [2.24, 2.45) is 0 Å². The molecule has 0 aliphatic carbocycles. The van der Waals surface area contributed by atoms with Crippen molar-refractivity contribution in [2.45, 2.75) is 6.54 Å². The zero-order valence-corrected chi connectivity index (χ0v) is 15.1. The van der Waals surface area contributed by atoms with Gasteiger partial charge >= 0.3 is 0 Å². The van der Waals surface area contributed by atoms with Crippen molar-refractivity contribution in [3.8, 4) is 17.2 Å². The number of nitrogens with zero attached hydrogens (tertiary/aromatic N) is 3. The standard InChI is InChI=1S/C16H17BrN4O3/c1-22-12-4-9(13(17)15(24-3)14(12)23-2)5-21-6-10-11(7-21)19-8-20-16(10)18/h4,6-8H,5H2,1-3H3,(H2,18,19,20). The third-order valence-corrected chi connectivity index (χ3v) is 4.60. The highest BCUT2D eigenvalue weighted by Crippen LogP contribution is 2.45. The quantitative estimate of drug-likeness (QED) is 0.718. The Hall–Kier alpha value is -2.48. The Kier molecular flexibility index (Phi) is 4.48. The molecule has 0 saturated carbocycles. The summed E-state index contributed by atoms with van der Waals surface area (Å²) < 4.78 is 19.1. The van der Waals surface area contributed by atoms with Crippen LogP contribution < -0.4 is 19.9 Å². The van der Waals surface area contributed by atoms with Crippen molar-refractivity contribution in [1.29, 1.82) is 0 Å². The number of nitrogens with two attached hydrogens (primary N) is 1. The third-order valence-electron chi connectivity index (χ3n) is 3.73. The van der Waals surface area contributed by atoms with Gasteiger partial charge in [0.25, 0.3) is 0 Å². The van der Waals surface area contributed by atoms with Gasteiger partial charge in [-0.1, -0.05) is 0 Å². The smallest absolute Gasteiger partial charge is 0.204 e. The minimum Gasteiger partial charge on any atom is -0.493 e. The Morgan fingerprint density at radius 3 is 2.46 bits per heavy atom. The van der Waals surface area contributed by atoms with E-state index in [4.69, 9.17) is 19.9 Å². The second-order valence-corrected chi connectivity index (χ2v) is 5.90. The number of ether oxygens (including phenoxy) is 3. The van der Waals surface area contributed by atoms with Crippen LogP contribution in [0.3, 0.4) is 0 Å². The molecule has 0 spiro atoms. The summed E-state index contributed by atoms with van der Waals surface area (Å²) in [6.07, 6.45) is 5.29. The summed E-state index contributed by atoms with van der Waals surface area (Å²) in [4.78, 5) is 8.24. The van der Waals surface area contributed by atoms with Crippen molar-refractivity contribution in [1.82, 2.24) is 14.5 Å². The molecule has 0 radical (unpaired) electrons. The van der Waals surface area contributed by atoms with Crippen molar-refractivity contribution in [3.05, 3.63) is 34.8 Å². The van der Waals surface area contributed by atoms with Crippen molar-refractivity contribution in [3.63, 3.8) is 0 Å². The molecule has 0 unspecified atom stereocenters. The molecular formula is C16H17BrN4O3.